The first-order chi connectivity index (χ1) is 14.6. The molecule has 4 rings (SSSR count). The normalized spacial score (nSPS) is 14.7. The average molecular weight is 442 g/mol. The van der Waals surface area contributed by atoms with Crippen LogP contribution >= 0.6 is 11.8 Å². The van der Waals surface area contributed by atoms with E-state index in [1.165, 1.54) is 10.5 Å². The van der Waals surface area contributed by atoms with Gasteiger partial charge in [0.05, 0.1) is 10.7 Å². The van der Waals surface area contributed by atoms with E-state index in [-0.39, 0.29) is 4.90 Å². The van der Waals surface area contributed by atoms with Gasteiger partial charge in [0.15, 0.2) is 0 Å². The fourth-order valence-electron chi connectivity index (χ4n) is 3.16. The van der Waals surface area contributed by atoms with E-state index < -0.39 is 10.0 Å². The quantitative estimate of drug-likeness (QED) is 0.490. The summed E-state index contributed by atoms with van der Waals surface area (Å²) >= 11 is 1.57. The van der Waals surface area contributed by atoms with Crippen LogP contribution in [0, 0.1) is 0 Å². The maximum atomic E-state index is 12.6. The maximum Gasteiger partial charge on any atom is 0.244 e. The minimum Gasteiger partial charge on any atom is -0.487 e. The van der Waals surface area contributed by atoms with Gasteiger partial charge in [-0.05, 0) is 54.8 Å². The molecular formula is C22H23N3O3S2. The van der Waals surface area contributed by atoms with Crippen LogP contribution in [0.15, 0.2) is 76.9 Å². The van der Waals surface area contributed by atoms with E-state index in [2.05, 4.69) is 9.97 Å². The molecule has 0 radical (unpaired) electrons. The largest absolute Gasteiger partial charge is 0.487 e. The van der Waals surface area contributed by atoms with Crippen molar-refractivity contribution in [2.75, 3.05) is 13.1 Å². The lowest BCUT2D eigenvalue weighted by molar-refractivity contribution is 0.301. The molecule has 0 unspecified atom stereocenters. The zero-order valence-corrected chi connectivity index (χ0v) is 18.1. The number of hydrogen-bond acceptors (Lipinski definition) is 6. The van der Waals surface area contributed by atoms with Gasteiger partial charge in [0, 0.05) is 31.2 Å². The third-order valence-corrected chi connectivity index (χ3v) is 7.73. The van der Waals surface area contributed by atoms with Crippen molar-refractivity contribution in [2.24, 2.45) is 0 Å². The first kappa shape index (κ1) is 20.8. The minimum absolute atomic E-state index is 0.267. The Balaban J connectivity index is 1.30. The van der Waals surface area contributed by atoms with Crippen LogP contribution in [0.25, 0.3) is 0 Å². The summed E-state index contributed by atoms with van der Waals surface area (Å²) in [6.07, 6.45) is 5.06. The Hall–Kier alpha value is -2.42. The molecule has 3 aromatic rings. The van der Waals surface area contributed by atoms with Crippen molar-refractivity contribution in [3.05, 3.63) is 78.2 Å². The molecular weight excluding hydrogens is 418 g/mol. The Labute approximate surface area is 181 Å². The highest BCUT2D eigenvalue weighted by molar-refractivity contribution is 7.98. The van der Waals surface area contributed by atoms with E-state index in [9.17, 15) is 8.42 Å². The molecule has 1 aromatic carbocycles. The van der Waals surface area contributed by atoms with E-state index in [1.54, 1.807) is 30.1 Å². The fraction of sp³-hybridized carbons (Fsp3) is 0.273. The highest BCUT2D eigenvalue weighted by Crippen LogP contribution is 2.25. The molecule has 0 atom stereocenters. The minimum atomic E-state index is -3.41. The molecule has 6 nitrogen and oxygen atoms in total. The monoisotopic (exact) mass is 441 g/mol. The van der Waals surface area contributed by atoms with E-state index in [4.69, 9.17) is 4.74 Å². The lowest BCUT2D eigenvalue weighted by atomic mass is 10.2. The highest BCUT2D eigenvalue weighted by atomic mass is 32.2. The van der Waals surface area contributed by atoms with Crippen molar-refractivity contribution in [3.63, 3.8) is 0 Å². The summed E-state index contributed by atoms with van der Waals surface area (Å²) < 4.78 is 32.4. The van der Waals surface area contributed by atoms with Crippen molar-refractivity contribution in [1.29, 1.82) is 0 Å². The summed E-state index contributed by atoms with van der Waals surface area (Å²) in [5.74, 6) is 1.54. The molecule has 1 aliphatic heterocycles. The molecule has 1 fully saturated rings. The van der Waals surface area contributed by atoms with Gasteiger partial charge in [-0.25, -0.2) is 13.4 Å². The first-order valence-corrected chi connectivity index (χ1v) is 12.2. The number of ether oxygens (including phenoxy) is 1. The van der Waals surface area contributed by atoms with E-state index in [1.807, 2.05) is 42.5 Å². The molecule has 0 saturated carbocycles. The number of nitrogens with zero attached hydrogens (tertiary/aromatic N) is 3. The third kappa shape index (κ3) is 5.19. The van der Waals surface area contributed by atoms with Crippen molar-refractivity contribution in [2.45, 2.75) is 35.1 Å². The van der Waals surface area contributed by atoms with Crippen LogP contribution in [-0.4, -0.2) is 35.8 Å². The van der Waals surface area contributed by atoms with Crippen molar-refractivity contribution < 1.29 is 13.2 Å². The molecule has 0 N–H and O–H groups in total. The summed E-state index contributed by atoms with van der Waals surface area (Å²) in [5, 5.41) is 0.797. The summed E-state index contributed by atoms with van der Waals surface area (Å²) in [6.45, 7) is 1.63. The van der Waals surface area contributed by atoms with Gasteiger partial charge in [0.25, 0.3) is 0 Å². The number of hydrogen-bond donors (Lipinski definition) is 0. The van der Waals surface area contributed by atoms with E-state index in [0.29, 0.717) is 19.7 Å². The topological polar surface area (TPSA) is 72.4 Å². The van der Waals surface area contributed by atoms with Gasteiger partial charge in [-0.15, -0.1) is 11.8 Å². The smallest absolute Gasteiger partial charge is 0.244 e. The molecule has 1 saturated heterocycles. The Morgan fingerprint density at radius 1 is 0.967 bits per heavy atom. The number of benzene rings is 1. The molecule has 30 heavy (non-hydrogen) atoms. The zero-order chi connectivity index (χ0) is 20.8. The van der Waals surface area contributed by atoms with Gasteiger partial charge in [0.1, 0.15) is 17.3 Å². The van der Waals surface area contributed by atoms with E-state index in [0.717, 1.165) is 40.6 Å². The molecule has 0 amide bonds. The van der Waals surface area contributed by atoms with Crippen LogP contribution in [0.2, 0.25) is 0 Å². The highest BCUT2D eigenvalue weighted by Gasteiger charge is 2.27. The number of rotatable bonds is 8. The predicted molar refractivity (Wildman–Crippen MR) is 117 cm³/mol. The van der Waals surface area contributed by atoms with Crippen LogP contribution in [0.4, 0.5) is 0 Å². The number of thioether (sulfide) groups is 1. The lowest BCUT2D eigenvalue weighted by Crippen LogP contribution is -2.27. The van der Waals surface area contributed by atoms with Gasteiger partial charge < -0.3 is 4.74 Å². The average Bonchev–Trinajstić information content (AvgIpc) is 3.34. The Morgan fingerprint density at radius 2 is 1.77 bits per heavy atom. The maximum absolute atomic E-state index is 12.6. The molecule has 3 heterocycles. The van der Waals surface area contributed by atoms with Gasteiger partial charge in [-0.2, -0.15) is 4.31 Å². The van der Waals surface area contributed by atoms with Crippen LogP contribution in [0.5, 0.6) is 5.75 Å². The third-order valence-electron chi connectivity index (χ3n) is 4.83. The second-order valence-electron chi connectivity index (χ2n) is 6.99. The second-order valence-corrected chi connectivity index (χ2v) is 9.92. The van der Waals surface area contributed by atoms with Gasteiger partial charge in [-0.1, -0.05) is 18.2 Å². The fourth-order valence-corrected chi connectivity index (χ4v) is 5.42. The first-order valence-electron chi connectivity index (χ1n) is 9.82. The molecule has 8 heteroatoms. The molecule has 0 aliphatic carbocycles. The predicted octanol–water partition coefficient (Wildman–Crippen LogP) is 4.13. The summed E-state index contributed by atoms with van der Waals surface area (Å²) in [4.78, 5) is 8.85. The standard InChI is InChI=1S/C22H23N3O3S2/c26-30(27,25-13-3-4-14-25)21-10-11-22(24-15-21)29-17-18-6-8-20(9-7-18)28-16-19-5-1-2-12-23-19/h1-2,5-12,15H,3-4,13-14,16-17H2. The Kier molecular flexibility index (Phi) is 6.66. The number of sulfonamides is 1. The van der Waals surface area contributed by atoms with Crippen LogP contribution in [0.3, 0.4) is 0 Å². The summed E-state index contributed by atoms with van der Waals surface area (Å²) in [5.41, 5.74) is 2.03. The van der Waals surface area contributed by atoms with Gasteiger partial charge in [0.2, 0.25) is 10.0 Å². The summed E-state index contributed by atoms with van der Waals surface area (Å²) in [6, 6.07) is 17.1. The summed E-state index contributed by atoms with van der Waals surface area (Å²) in [7, 11) is -3.41. The number of aromatic nitrogens is 2. The van der Waals surface area contributed by atoms with Crippen LogP contribution < -0.4 is 4.74 Å². The van der Waals surface area contributed by atoms with Crippen LogP contribution in [0.1, 0.15) is 24.1 Å². The zero-order valence-electron chi connectivity index (χ0n) is 16.5. The SMILES string of the molecule is O=S(=O)(c1ccc(SCc2ccc(OCc3ccccn3)cc2)nc1)N1CCCC1. The second kappa shape index (κ2) is 9.59. The van der Waals surface area contributed by atoms with Crippen molar-refractivity contribution in [1.82, 2.24) is 14.3 Å². The van der Waals surface area contributed by atoms with E-state index >= 15 is 0 Å². The van der Waals surface area contributed by atoms with Gasteiger partial charge in [-0.3, -0.25) is 4.98 Å². The molecule has 1 aliphatic rings. The van der Waals surface area contributed by atoms with Gasteiger partial charge >= 0.3 is 0 Å². The molecule has 2 aromatic heterocycles. The van der Waals surface area contributed by atoms with Crippen molar-refractivity contribution in [3.8, 4) is 5.75 Å². The number of pyridine rings is 2. The molecule has 0 spiro atoms. The van der Waals surface area contributed by atoms with Crippen LogP contribution in [-0.2, 0) is 22.4 Å². The molecule has 0 bridgehead atoms. The molecule has 156 valence electrons. The lowest BCUT2D eigenvalue weighted by Gasteiger charge is -2.15. The Morgan fingerprint density at radius 3 is 2.43 bits per heavy atom. The Bertz CT molecular complexity index is 1050. The van der Waals surface area contributed by atoms with Crippen molar-refractivity contribution >= 4 is 21.8 Å².